The summed E-state index contributed by atoms with van der Waals surface area (Å²) >= 11 is 0. The molecular weight excluding hydrogens is 248 g/mol. The first kappa shape index (κ1) is 14.7. The molecule has 0 aliphatic heterocycles. The Labute approximate surface area is 121 Å². The molecule has 2 N–H and O–H groups in total. The first-order valence-electron chi connectivity index (χ1n) is 7.09. The van der Waals surface area contributed by atoms with E-state index in [1.807, 2.05) is 0 Å². The van der Waals surface area contributed by atoms with Crippen molar-refractivity contribution in [1.29, 1.82) is 0 Å². The molecule has 1 aromatic carbocycles. The van der Waals surface area contributed by atoms with Gasteiger partial charge in [0, 0.05) is 11.6 Å². The summed E-state index contributed by atoms with van der Waals surface area (Å²) in [5, 5.41) is 8.49. The van der Waals surface area contributed by atoms with Gasteiger partial charge in [-0.2, -0.15) is 0 Å². The summed E-state index contributed by atoms with van der Waals surface area (Å²) in [5.41, 5.74) is 8.30. The molecular formula is C16H24N4. The predicted molar refractivity (Wildman–Crippen MR) is 82.4 cm³/mol. The van der Waals surface area contributed by atoms with Crippen LogP contribution in [0, 0.1) is 0 Å². The Balaban J connectivity index is 2.45. The van der Waals surface area contributed by atoms with Crippen molar-refractivity contribution in [3.63, 3.8) is 0 Å². The van der Waals surface area contributed by atoms with Crippen molar-refractivity contribution in [2.75, 3.05) is 0 Å². The van der Waals surface area contributed by atoms with E-state index in [0.29, 0.717) is 12.6 Å². The molecule has 4 heteroatoms. The second kappa shape index (κ2) is 5.37. The maximum Gasteiger partial charge on any atom is 0.164 e. The van der Waals surface area contributed by atoms with E-state index >= 15 is 0 Å². The molecule has 20 heavy (non-hydrogen) atoms. The van der Waals surface area contributed by atoms with Crippen LogP contribution in [0.2, 0.25) is 0 Å². The average Bonchev–Trinajstić information content (AvgIpc) is 2.81. The lowest BCUT2D eigenvalue weighted by molar-refractivity contribution is 0.573. The van der Waals surface area contributed by atoms with Crippen molar-refractivity contribution < 1.29 is 0 Å². The Morgan fingerprint density at radius 2 is 1.70 bits per heavy atom. The van der Waals surface area contributed by atoms with Gasteiger partial charge in [0.15, 0.2) is 5.82 Å². The van der Waals surface area contributed by atoms with Crippen LogP contribution >= 0.6 is 0 Å². The molecule has 0 bridgehead atoms. The van der Waals surface area contributed by atoms with Crippen molar-refractivity contribution in [2.24, 2.45) is 5.73 Å². The van der Waals surface area contributed by atoms with Crippen LogP contribution in [0.3, 0.4) is 0 Å². The fraction of sp³-hybridized carbons (Fsp3) is 0.500. The maximum atomic E-state index is 5.74. The van der Waals surface area contributed by atoms with Gasteiger partial charge in [-0.1, -0.05) is 45.0 Å². The summed E-state index contributed by atoms with van der Waals surface area (Å²) in [6.45, 7) is 11.3. The Morgan fingerprint density at radius 1 is 1.10 bits per heavy atom. The molecule has 2 rings (SSSR count). The number of nitrogens with zero attached hydrogens (tertiary/aromatic N) is 3. The molecule has 0 fully saturated rings. The van der Waals surface area contributed by atoms with Gasteiger partial charge in [0.05, 0.1) is 6.54 Å². The summed E-state index contributed by atoms with van der Waals surface area (Å²) in [5.74, 6) is 1.72. The van der Waals surface area contributed by atoms with E-state index in [-0.39, 0.29) is 5.41 Å². The highest BCUT2D eigenvalue weighted by Crippen LogP contribution is 2.27. The lowest BCUT2D eigenvalue weighted by Gasteiger charge is -2.19. The largest absolute Gasteiger partial charge is 0.324 e. The first-order valence-corrected chi connectivity index (χ1v) is 7.09. The van der Waals surface area contributed by atoms with Crippen LogP contribution in [0.4, 0.5) is 0 Å². The normalized spacial score (nSPS) is 12.2. The van der Waals surface area contributed by atoms with Crippen molar-refractivity contribution in [3.8, 4) is 11.4 Å². The molecule has 0 saturated heterocycles. The highest BCUT2D eigenvalue weighted by atomic mass is 15.3. The zero-order valence-electron chi connectivity index (χ0n) is 13.0. The number of rotatable bonds is 3. The summed E-state index contributed by atoms with van der Waals surface area (Å²) < 4.78 is 2.10. The zero-order chi connectivity index (χ0) is 14.9. The minimum Gasteiger partial charge on any atom is -0.324 e. The smallest absolute Gasteiger partial charge is 0.164 e. The standard InChI is InChI=1S/C16H24N4/c1-11(2)20-14(10-17)18-19-15(20)12-6-8-13(9-7-12)16(3,4)5/h6-9,11H,10,17H2,1-5H3. The Morgan fingerprint density at radius 3 is 2.15 bits per heavy atom. The third-order valence-corrected chi connectivity index (χ3v) is 3.47. The minimum absolute atomic E-state index is 0.159. The number of hydrogen-bond donors (Lipinski definition) is 1. The van der Waals surface area contributed by atoms with E-state index in [1.54, 1.807) is 0 Å². The fourth-order valence-corrected chi connectivity index (χ4v) is 2.32. The van der Waals surface area contributed by atoms with Gasteiger partial charge in [0.2, 0.25) is 0 Å². The monoisotopic (exact) mass is 272 g/mol. The summed E-state index contributed by atoms with van der Waals surface area (Å²) in [6, 6.07) is 8.85. The minimum atomic E-state index is 0.159. The molecule has 0 aliphatic carbocycles. The van der Waals surface area contributed by atoms with Gasteiger partial charge in [-0.3, -0.25) is 0 Å². The summed E-state index contributed by atoms with van der Waals surface area (Å²) in [6.07, 6.45) is 0. The lowest BCUT2D eigenvalue weighted by atomic mass is 9.86. The SMILES string of the molecule is CC(C)n1c(CN)nnc1-c1ccc(C(C)(C)C)cc1. The summed E-state index contributed by atoms with van der Waals surface area (Å²) in [7, 11) is 0. The second-order valence-corrected chi connectivity index (χ2v) is 6.44. The molecule has 0 atom stereocenters. The van der Waals surface area contributed by atoms with Gasteiger partial charge in [-0.25, -0.2) is 0 Å². The Bertz CT molecular complexity index is 574. The topological polar surface area (TPSA) is 56.7 Å². The van der Waals surface area contributed by atoms with Crippen LogP contribution in [0.5, 0.6) is 0 Å². The van der Waals surface area contributed by atoms with E-state index in [1.165, 1.54) is 5.56 Å². The quantitative estimate of drug-likeness (QED) is 0.932. The van der Waals surface area contributed by atoms with Crippen LogP contribution in [-0.2, 0) is 12.0 Å². The lowest BCUT2D eigenvalue weighted by Crippen LogP contribution is -2.12. The van der Waals surface area contributed by atoms with Crippen molar-refractivity contribution in [1.82, 2.24) is 14.8 Å². The van der Waals surface area contributed by atoms with Gasteiger partial charge in [-0.15, -0.1) is 10.2 Å². The van der Waals surface area contributed by atoms with Gasteiger partial charge < -0.3 is 10.3 Å². The molecule has 2 aromatic rings. The number of benzene rings is 1. The van der Waals surface area contributed by atoms with E-state index in [0.717, 1.165) is 17.2 Å². The molecule has 4 nitrogen and oxygen atoms in total. The van der Waals surface area contributed by atoms with Crippen molar-refractivity contribution in [3.05, 3.63) is 35.7 Å². The highest BCUT2D eigenvalue weighted by molar-refractivity contribution is 5.56. The molecule has 1 aromatic heterocycles. The third kappa shape index (κ3) is 2.75. The Kier molecular flexibility index (Phi) is 3.95. The van der Waals surface area contributed by atoms with Crippen LogP contribution in [0.15, 0.2) is 24.3 Å². The average molecular weight is 272 g/mol. The van der Waals surface area contributed by atoms with E-state index in [4.69, 9.17) is 5.73 Å². The fourth-order valence-electron chi connectivity index (χ4n) is 2.32. The first-order chi connectivity index (χ1) is 9.34. The highest BCUT2D eigenvalue weighted by Gasteiger charge is 2.17. The number of aromatic nitrogens is 3. The molecule has 0 saturated carbocycles. The van der Waals surface area contributed by atoms with Crippen LogP contribution in [-0.4, -0.2) is 14.8 Å². The zero-order valence-corrected chi connectivity index (χ0v) is 13.0. The van der Waals surface area contributed by atoms with Gasteiger partial charge >= 0.3 is 0 Å². The van der Waals surface area contributed by atoms with E-state index < -0.39 is 0 Å². The molecule has 0 radical (unpaired) electrons. The molecule has 0 amide bonds. The second-order valence-electron chi connectivity index (χ2n) is 6.44. The number of nitrogens with two attached hydrogens (primary N) is 1. The Hall–Kier alpha value is -1.68. The van der Waals surface area contributed by atoms with Gasteiger partial charge in [0.25, 0.3) is 0 Å². The summed E-state index contributed by atoms with van der Waals surface area (Å²) in [4.78, 5) is 0. The van der Waals surface area contributed by atoms with Crippen LogP contribution in [0.1, 0.15) is 52.0 Å². The molecule has 0 spiro atoms. The van der Waals surface area contributed by atoms with Crippen molar-refractivity contribution >= 4 is 0 Å². The molecule has 0 aliphatic rings. The van der Waals surface area contributed by atoms with Crippen molar-refractivity contribution in [2.45, 2.75) is 52.6 Å². The predicted octanol–water partition coefficient (Wildman–Crippen LogP) is 3.28. The molecule has 108 valence electrons. The molecule has 1 heterocycles. The van der Waals surface area contributed by atoms with Gasteiger partial charge in [0.1, 0.15) is 5.82 Å². The maximum absolute atomic E-state index is 5.74. The molecule has 0 unspecified atom stereocenters. The van der Waals surface area contributed by atoms with Gasteiger partial charge in [-0.05, 0) is 24.8 Å². The van der Waals surface area contributed by atoms with E-state index in [2.05, 4.69) is 73.6 Å². The van der Waals surface area contributed by atoms with Crippen LogP contribution in [0.25, 0.3) is 11.4 Å². The van der Waals surface area contributed by atoms with E-state index in [9.17, 15) is 0 Å². The number of hydrogen-bond acceptors (Lipinski definition) is 3. The third-order valence-electron chi connectivity index (χ3n) is 3.47. The van der Waals surface area contributed by atoms with Crippen LogP contribution < -0.4 is 5.73 Å².